The monoisotopic (exact) mass is 203 g/mol. The zero-order valence-corrected chi connectivity index (χ0v) is 7.95. The van der Waals surface area contributed by atoms with Gasteiger partial charge in [0.25, 0.3) is 0 Å². The highest BCUT2D eigenvalue weighted by Gasteiger charge is 2.19. The quantitative estimate of drug-likeness (QED) is 0.656. The molecule has 3 nitrogen and oxygen atoms in total. The van der Waals surface area contributed by atoms with Gasteiger partial charge in [-0.15, -0.1) is 0 Å². The molecule has 0 unspecified atom stereocenters. The van der Waals surface area contributed by atoms with E-state index in [4.69, 9.17) is 23.2 Å². The minimum Gasteiger partial charge on any atom is -0.303 e. The topological polar surface area (TPSA) is 28.2 Å². The second kappa shape index (κ2) is 2.76. The van der Waals surface area contributed by atoms with Gasteiger partial charge in [0.2, 0.25) is 0 Å². The number of hydrogen-bond acceptors (Lipinski definition) is 3. The normalized spacial score (nSPS) is 15.9. The van der Waals surface area contributed by atoms with E-state index >= 15 is 0 Å². The van der Waals surface area contributed by atoms with Crippen molar-refractivity contribution in [2.45, 2.75) is 6.54 Å². The van der Waals surface area contributed by atoms with Gasteiger partial charge in [-0.05, 0) is 6.07 Å². The molecule has 0 amide bonds. The maximum absolute atomic E-state index is 5.95. The average Bonchev–Trinajstić information content (AvgIpc) is 2.29. The molecule has 0 atom stereocenters. The second-order valence-electron chi connectivity index (χ2n) is 2.72. The minimum absolute atomic E-state index is 0.418. The van der Waals surface area contributed by atoms with E-state index in [0.717, 1.165) is 17.9 Å². The van der Waals surface area contributed by atoms with E-state index < -0.39 is 0 Å². The van der Waals surface area contributed by atoms with E-state index in [0.29, 0.717) is 10.2 Å². The van der Waals surface area contributed by atoms with Crippen LogP contribution in [-0.2, 0) is 6.54 Å². The lowest BCUT2D eigenvalue weighted by Gasteiger charge is -2.05. The number of pyridine rings is 1. The molecule has 0 fully saturated rings. The predicted molar refractivity (Wildman–Crippen MR) is 49.3 cm³/mol. The van der Waals surface area contributed by atoms with Gasteiger partial charge in [-0.25, -0.2) is 9.99 Å². The summed E-state index contributed by atoms with van der Waals surface area (Å²) in [5.41, 5.74) is 4.04. The summed E-state index contributed by atoms with van der Waals surface area (Å²) in [4.78, 5) is 4.09. The van der Waals surface area contributed by atoms with E-state index in [1.807, 2.05) is 12.1 Å². The van der Waals surface area contributed by atoms with Gasteiger partial charge >= 0.3 is 0 Å². The highest BCUT2D eigenvalue weighted by molar-refractivity contribution is 6.34. The first-order valence-corrected chi connectivity index (χ1v) is 4.25. The van der Waals surface area contributed by atoms with Crippen molar-refractivity contribution < 1.29 is 0 Å². The third kappa shape index (κ3) is 1.24. The lowest BCUT2D eigenvalue weighted by molar-refractivity contribution is 0.422. The number of hydrogen-bond donors (Lipinski definition) is 1. The minimum atomic E-state index is 0.418. The van der Waals surface area contributed by atoms with Crippen molar-refractivity contribution in [1.82, 2.24) is 9.99 Å². The number of nitrogens with zero attached hydrogens (tertiary/aromatic N) is 2. The Hall–Kier alpha value is -0.510. The zero-order valence-electron chi connectivity index (χ0n) is 6.43. The molecule has 1 aliphatic heterocycles. The Morgan fingerprint density at radius 1 is 1.58 bits per heavy atom. The highest BCUT2D eigenvalue weighted by Crippen LogP contribution is 2.30. The summed E-state index contributed by atoms with van der Waals surface area (Å²) in [6.45, 7) is 0.762. The number of halogens is 2. The molecule has 0 spiro atoms. The second-order valence-corrected chi connectivity index (χ2v) is 3.52. The molecule has 0 saturated heterocycles. The van der Waals surface area contributed by atoms with Crippen molar-refractivity contribution in [2.24, 2.45) is 0 Å². The van der Waals surface area contributed by atoms with Crippen molar-refractivity contribution in [3.8, 4) is 0 Å². The molecule has 0 aliphatic carbocycles. The van der Waals surface area contributed by atoms with Crippen molar-refractivity contribution in [2.75, 3.05) is 12.5 Å². The number of anilines is 1. The summed E-state index contributed by atoms with van der Waals surface area (Å²) in [5.74, 6) is 0.759. The summed E-state index contributed by atoms with van der Waals surface area (Å²) in [5, 5.41) is 2.99. The number of hydrazine groups is 1. The molecule has 2 heterocycles. The fourth-order valence-electron chi connectivity index (χ4n) is 1.21. The van der Waals surface area contributed by atoms with Crippen LogP contribution >= 0.6 is 23.2 Å². The van der Waals surface area contributed by atoms with Crippen LogP contribution in [-0.4, -0.2) is 17.0 Å². The third-order valence-corrected chi connectivity index (χ3v) is 2.26. The molecule has 0 bridgehead atoms. The lowest BCUT2D eigenvalue weighted by atomic mass is 10.3. The largest absolute Gasteiger partial charge is 0.303 e. The van der Waals surface area contributed by atoms with Crippen molar-refractivity contribution >= 4 is 29.0 Å². The molecule has 0 saturated carbocycles. The maximum Gasteiger partial charge on any atom is 0.148 e. The fraction of sp³-hybridized carbons (Fsp3) is 0.286. The van der Waals surface area contributed by atoms with Gasteiger partial charge in [0.1, 0.15) is 11.0 Å². The SMILES string of the molecule is CN1Cc2c(Cl)cc(Cl)nc2N1. The summed E-state index contributed by atoms with van der Waals surface area (Å²) in [7, 11) is 1.92. The average molecular weight is 204 g/mol. The van der Waals surface area contributed by atoms with Gasteiger partial charge < -0.3 is 5.43 Å². The van der Waals surface area contributed by atoms with Gasteiger partial charge in [0, 0.05) is 19.2 Å². The number of nitrogens with one attached hydrogen (secondary N) is 1. The van der Waals surface area contributed by atoms with Crippen LogP contribution in [0.15, 0.2) is 6.07 Å². The van der Waals surface area contributed by atoms with E-state index in [9.17, 15) is 0 Å². The summed E-state index contributed by atoms with van der Waals surface area (Å²) in [6.07, 6.45) is 0. The molecular formula is C7H7Cl2N3. The van der Waals surface area contributed by atoms with Crippen LogP contribution in [0.2, 0.25) is 10.2 Å². The van der Waals surface area contributed by atoms with Crippen molar-refractivity contribution in [3.05, 3.63) is 21.8 Å². The molecule has 5 heteroatoms. The Balaban J connectivity index is 2.52. The molecule has 12 heavy (non-hydrogen) atoms. The van der Waals surface area contributed by atoms with Crippen LogP contribution in [0.3, 0.4) is 0 Å². The molecule has 0 radical (unpaired) electrons. The molecule has 1 aliphatic rings. The van der Waals surface area contributed by atoms with Gasteiger partial charge in [0.05, 0.1) is 5.02 Å². The van der Waals surface area contributed by atoms with Crippen molar-refractivity contribution in [1.29, 1.82) is 0 Å². The van der Waals surface area contributed by atoms with Crippen LogP contribution in [0.25, 0.3) is 0 Å². The van der Waals surface area contributed by atoms with E-state index in [1.54, 1.807) is 6.07 Å². The Labute approximate surface area is 80.3 Å². The summed E-state index contributed by atoms with van der Waals surface area (Å²) < 4.78 is 0. The van der Waals surface area contributed by atoms with Crippen LogP contribution < -0.4 is 5.43 Å². The first kappa shape index (κ1) is 8.10. The smallest absolute Gasteiger partial charge is 0.148 e. The van der Waals surface area contributed by atoms with Gasteiger partial charge in [-0.2, -0.15) is 0 Å². The number of aromatic nitrogens is 1. The first-order chi connectivity index (χ1) is 5.66. The lowest BCUT2D eigenvalue weighted by Crippen LogP contribution is -2.16. The zero-order chi connectivity index (χ0) is 8.72. The molecule has 1 aromatic rings. The number of rotatable bonds is 0. The Morgan fingerprint density at radius 2 is 2.33 bits per heavy atom. The van der Waals surface area contributed by atoms with Gasteiger partial charge in [0.15, 0.2) is 0 Å². The van der Waals surface area contributed by atoms with E-state index in [2.05, 4.69) is 10.4 Å². The third-order valence-electron chi connectivity index (χ3n) is 1.73. The molecule has 1 aromatic heterocycles. The molecule has 2 rings (SSSR count). The summed E-state index contributed by atoms with van der Waals surface area (Å²) >= 11 is 11.7. The molecule has 64 valence electrons. The Bertz CT molecular complexity index is 327. The standard InChI is InChI=1S/C7H7Cl2N3/c1-12-3-4-5(8)2-6(9)10-7(4)11-12/h2H,3H2,1H3,(H,10,11). The first-order valence-electron chi connectivity index (χ1n) is 3.49. The Kier molecular flexibility index (Phi) is 1.87. The van der Waals surface area contributed by atoms with Gasteiger partial charge in [-0.3, -0.25) is 0 Å². The van der Waals surface area contributed by atoms with Crippen LogP contribution in [0.1, 0.15) is 5.56 Å². The molecule has 0 aromatic carbocycles. The van der Waals surface area contributed by atoms with Crippen LogP contribution in [0, 0.1) is 0 Å². The highest BCUT2D eigenvalue weighted by atomic mass is 35.5. The Morgan fingerprint density at radius 3 is 3.08 bits per heavy atom. The van der Waals surface area contributed by atoms with E-state index in [1.165, 1.54) is 0 Å². The fourth-order valence-corrected chi connectivity index (χ4v) is 1.71. The number of fused-ring (bicyclic) bond motifs is 1. The van der Waals surface area contributed by atoms with Crippen molar-refractivity contribution in [3.63, 3.8) is 0 Å². The van der Waals surface area contributed by atoms with Crippen LogP contribution in [0.5, 0.6) is 0 Å². The predicted octanol–water partition coefficient (Wildman–Crippen LogP) is 2.16. The van der Waals surface area contributed by atoms with E-state index in [-0.39, 0.29) is 0 Å². The maximum atomic E-state index is 5.95. The molecular weight excluding hydrogens is 197 g/mol. The van der Waals surface area contributed by atoms with Gasteiger partial charge in [-0.1, -0.05) is 23.2 Å². The molecule has 1 N–H and O–H groups in total. The summed E-state index contributed by atoms with van der Waals surface area (Å²) in [6, 6.07) is 1.66. The van der Waals surface area contributed by atoms with Crippen LogP contribution in [0.4, 0.5) is 5.82 Å².